The van der Waals surface area contributed by atoms with Crippen molar-refractivity contribution in [1.29, 1.82) is 0 Å². The van der Waals surface area contributed by atoms with Crippen molar-refractivity contribution in [2.24, 2.45) is 5.10 Å². The minimum atomic E-state index is -0.323. The van der Waals surface area contributed by atoms with E-state index in [1.165, 1.54) is 0 Å². The molecule has 0 unspecified atom stereocenters. The van der Waals surface area contributed by atoms with Crippen molar-refractivity contribution >= 4 is 35.3 Å². The summed E-state index contributed by atoms with van der Waals surface area (Å²) in [4.78, 5) is 12.1. The normalized spacial score (nSPS) is 10.8. The molecule has 0 fully saturated rings. The van der Waals surface area contributed by atoms with E-state index in [1.54, 1.807) is 36.5 Å². The fourth-order valence-corrected chi connectivity index (χ4v) is 2.82. The summed E-state index contributed by atoms with van der Waals surface area (Å²) in [6, 6.07) is 19.5. The summed E-state index contributed by atoms with van der Waals surface area (Å²) in [6.07, 6.45) is 1.54. The highest BCUT2D eigenvalue weighted by Crippen LogP contribution is 2.29. The molecule has 0 saturated heterocycles. The van der Waals surface area contributed by atoms with Crippen LogP contribution in [0, 0.1) is 0 Å². The van der Waals surface area contributed by atoms with Crippen molar-refractivity contribution in [3.8, 4) is 11.5 Å². The fraction of sp³-hybridized carbons (Fsp3) is 0.130. The minimum Gasteiger partial charge on any atom is -0.490 e. The van der Waals surface area contributed by atoms with Crippen LogP contribution in [0.2, 0.25) is 10.0 Å². The van der Waals surface area contributed by atoms with E-state index in [-0.39, 0.29) is 5.91 Å². The van der Waals surface area contributed by atoms with Crippen molar-refractivity contribution in [2.45, 2.75) is 13.5 Å². The third kappa shape index (κ3) is 6.24. The second-order valence-electron chi connectivity index (χ2n) is 6.26. The molecule has 3 rings (SSSR count). The summed E-state index contributed by atoms with van der Waals surface area (Å²) in [6.45, 7) is 2.78. The Morgan fingerprint density at radius 3 is 2.27 bits per heavy atom. The van der Waals surface area contributed by atoms with Gasteiger partial charge in [-0.05, 0) is 72.6 Å². The van der Waals surface area contributed by atoms with Crippen molar-refractivity contribution in [1.82, 2.24) is 5.43 Å². The molecule has 3 aromatic rings. The first-order valence-electron chi connectivity index (χ1n) is 9.28. The maximum atomic E-state index is 12.1. The summed E-state index contributed by atoms with van der Waals surface area (Å²) in [5, 5.41) is 5.25. The lowest BCUT2D eigenvalue weighted by atomic mass is 10.2. The Bertz CT molecular complexity index is 1020. The summed E-state index contributed by atoms with van der Waals surface area (Å²) < 4.78 is 11.6. The number of hydrazone groups is 1. The van der Waals surface area contributed by atoms with Gasteiger partial charge < -0.3 is 9.47 Å². The van der Waals surface area contributed by atoms with E-state index in [2.05, 4.69) is 10.5 Å². The van der Waals surface area contributed by atoms with E-state index in [9.17, 15) is 4.79 Å². The van der Waals surface area contributed by atoms with E-state index < -0.39 is 0 Å². The minimum absolute atomic E-state index is 0.323. The maximum Gasteiger partial charge on any atom is 0.271 e. The molecule has 7 heteroatoms. The summed E-state index contributed by atoms with van der Waals surface area (Å²) in [7, 11) is 0. The number of carbonyl (C=O) groups is 1. The first-order valence-corrected chi connectivity index (χ1v) is 10.0. The van der Waals surface area contributed by atoms with Gasteiger partial charge in [-0.15, -0.1) is 0 Å². The Balaban J connectivity index is 1.64. The summed E-state index contributed by atoms with van der Waals surface area (Å²) in [5.74, 6) is 0.893. The molecule has 0 bridgehead atoms. The third-order valence-corrected chi connectivity index (χ3v) is 4.57. The van der Waals surface area contributed by atoms with Crippen LogP contribution in [0.3, 0.4) is 0 Å². The van der Waals surface area contributed by atoms with E-state index >= 15 is 0 Å². The van der Waals surface area contributed by atoms with Gasteiger partial charge in [0.05, 0.1) is 12.8 Å². The molecule has 0 aliphatic carbocycles. The number of nitrogens with one attached hydrogen (secondary N) is 1. The van der Waals surface area contributed by atoms with Crippen LogP contribution in [0.4, 0.5) is 0 Å². The molecule has 0 radical (unpaired) electrons. The number of ether oxygens (including phenoxy) is 2. The first-order chi connectivity index (χ1) is 14.5. The van der Waals surface area contributed by atoms with Crippen molar-refractivity contribution in [3.63, 3.8) is 0 Å². The van der Waals surface area contributed by atoms with Crippen LogP contribution < -0.4 is 14.9 Å². The van der Waals surface area contributed by atoms with E-state index in [0.29, 0.717) is 40.3 Å². The molecular formula is C23H20Cl2N2O3. The topological polar surface area (TPSA) is 59.9 Å². The maximum absolute atomic E-state index is 12.1. The predicted octanol–water partition coefficient (Wildman–Crippen LogP) is 5.74. The van der Waals surface area contributed by atoms with E-state index in [1.807, 2.05) is 43.3 Å². The molecule has 5 nitrogen and oxygen atoms in total. The number of carbonyl (C=O) groups excluding carboxylic acids is 1. The Kier molecular flexibility index (Phi) is 7.71. The Hall–Kier alpha value is -3.02. The zero-order valence-electron chi connectivity index (χ0n) is 16.3. The summed E-state index contributed by atoms with van der Waals surface area (Å²) >= 11 is 11.7. The van der Waals surface area contributed by atoms with Crippen molar-refractivity contribution in [2.75, 3.05) is 6.61 Å². The molecule has 3 aromatic carbocycles. The van der Waals surface area contributed by atoms with Crippen molar-refractivity contribution < 1.29 is 14.3 Å². The number of hydrogen-bond acceptors (Lipinski definition) is 4. The fourth-order valence-electron chi connectivity index (χ4n) is 2.57. The molecule has 0 aromatic heterocycles. The Labute approximate surface area is 185 Å². The number of rotatable bonds is 8. The molecule has 154 valence electrons. The van der Waals surface area contributed by atoms with Crippen LogP contribution in [0.15, 0.2) is 71.8 Å². The molecule has 30 heavy (non-hydrogen) atoms. The molecule has 0 spiro atoms. The SMILES string of the molecule is CCOc1cc(/C=N\NC(=O)c2ccc(Cl)cc2)ccc1OCc1ccc(Cl)cc1. The summed E-state index contributed by atoms with van der Waals surface area (Å²) in [5.41, 5.74) is 4.71. The van der Waals surface area contributed by atoms with Gasteiger partial charge in [0.15, 0.2) is 11.5 Å². The van der Waals surface area contributed by atoms with Gasteiger partial charge in [-0.2, -0.15) is 5.10 Å². The average Bonchev–Trinajstić information content (AvgIpc) is 2.75. The zero-order valence-corrected chi connectivity index (χ0v) is 17.8. The molecule has 1 N–H and O–H groups in total. The van der Waals surface area contributed by atoms with Crippen LogP contribution in [0.1, 0.15) is 28.4 Å². The Morgan fingerprint density at radius 1 is 0.933 bits per heavy atom. The van der Waals surface area contributed by atoms with Gasteiger partial charge >= 0.3 is 0 Å². The molecule has 1 amide bonds. The van der Waals surface area contributed by atoms with Crippen LogP contribution >= 0.6 is 23.2 Å². The van der Waals surface area contributed by atoms with Gasteiger partial charge in [0.1, 0.15) is 6.61 Å². The highest BCUT2D eigenvalue weighted by atomic mass is 35.5. The van der Waals surface area contributed by atoms with Crippen molar-refractivity contribution in [3.05, 3.63) is 93.5 Å². The highest BCUT2D eigenvalue weighted by molar-refractivity contribution is 6.30. The van der Waals surface area contributed by atoms with E-state index in [4.69, 9.17) is 32.7 Å². The lowest BCUT2D eigenvalue weighted by Crippen LogP contribution is -2.17. The van der Waals surface area contributed by atoms with E-state index in [0.717, 1.165) is 11.1 Å². The first kappa shape index (κ1) is 21.7. The lowest BCUT2D eigenvalue weighted by Gasteiger charge is -2.12. The number of amides is 1. The lowest BCUT2D eigenvalue weighted by molar-refractivity contribution is 0.0955. The monoisotopic (exact) mass is 442 g/mol. The third-order valence-electron chi connectivity index (χ3n) is 4.06. The highest BCUT2D eigenvalue weighted by Gasteiger charge is 2.07. The molecule has 0 atom stereocenters. The van der Waals surface area contributed by atoms with Gasteiger partial charge in [-0.25, -0.2) is 5.43 Å². The smallest absolute Gasteiger partial charge is 0.271 e. The van der Waals surface area contributed by atoms with Crippen LogP contribution in [-0.2, 0) is 6.61 Å². The average molecular weight is 443 g/mol. The molecule has 0 saturated carbocycles. The van der Waals surface area contributed by atoms with Gasteiger partial charge in [-0.3, -0.25) is 4.79 Å². The molecule has 0 heterocycles. The second kappa shape index (κ2) is 10.7. The number of halogens is 2. The number of hydrogen-bond donors (Lipinski definition) is 1. The van der Waals surface area contributed by atoms with Crippen LogP contribution in [0.5, 0.6) is 11.5 Å². The molecular weight excluding hydrogens is 423 g/mol. The van der Waals surface area contributed by atoms with Gasteiger partial charge in [-0.1, -0.05) is 35.3 Å². The molecule has 0 aliphatic rings. The Morgan fingerprint density at radius 2 is 1.60 bits per heavy atom. The van der Waals surface area contributed by atoms with Crippen LogP contribution in [-0.4, -0.2) is 18.7 Å². The van der Waals surface area contributed by atoms with Gasteiger partial charge in [0.25, 0.3) is 5.91 Å². The predicted molar refractivity (Wildman–Crippen MR) is 120 cm³/mol. The standard InChI is InChI=1S/C23H20Cl2N2O3/c1-2-29-22-13-17(14-26-27-23(28)18-6-10-20(25)11-7-18)5-12-21(22)30-15-16-3-8-19(24)9-4-16/h3-14H,2,15H2,1H3,(H,27,28)/b26-14-. The molecule has 0 aliphatic heterocycles. The van der Waals surface area contributed by atoms with Gasteiger partial charge in [0, 0.05) is 15.6 Å². The quantitative estimate of drug-likeness (QED) is 0.357. The largest absolute Gasteiger partial charge is 0.490 e. The van der Waals surface area contributed by atoms with Gasteiger partial charge in [0.2, 0.25) is 0 Å². The number of nitrogens with zero attached hydrogens (tertiary/aromatic N) is 1. The van der Waals surface area contributed by atoms with Crippen LogP contribution in [0.25, 0.3) is 0 Å². The number of benzene rings is 3. The second-order valence-corrected chi connectivity index (χ2v) is 7.13. The zero-order chi connectivity index (χ0) is 21.3.